The lowest BCUT2D eigenvalue weighted by Gasteiger charge is -2.11. The third-order valence-electron chi connectivity index (χ3n) is 2.10. The van der Waals surface area contributed by atoms with Crippen molar-refractivity contribution >= 4 is 59.0 Å². The van der Waals surface area contributed by atoms with Crippen LogP contribution in [-0.2, 0) is 0 Å². The highest BCUT2D eigenvalue weighted by molar-refractivity contribution is 14.0. The molecule has 0 atom stereocenters. The number of rotatable bonds is 5. The van der Waals surface area contributed by atoms with Crippen LogP contribution < -0.4 is 16.0 Å². The van der Waals surface area contributed by atoms with Gasteiger partial charge in [-0.25, -0.2) is 4.98 Å². The van der Waals surface area contributed by atoms with Crippen molar-refractivity contribution in [3.05, 3.63) is 22.3 Å². The van der Waals surface area contributed by atoms with Crippen LogP contribution in [0, 0.1) is 12.3 Å². The fourth-order valence-corrected chi connectivity index (χ4v) is 1.71. The lowest BCUT2D eigenvalue weighted by Crippen LogP contribution is -2.39. The van der Waals surface area contributed by atoms with Crippen LogP contribution in [-0.4, -0.2) is 37.6 Å². The van der Waals surface area contributed by atoms with Crippen LogP contribution in [0.1, 0.15) is 0 Å². The molecule has 0 saturated heterocycles. The molecule has 0 radical (unpaired) electrons. The Morgan fingerprint density at radius 1 is 1.40 bits per heavy atom. The number of halogens is 3. The quantitative estimate of drug-likeness (QED) is 0.222. The summed E-state index contributed by atoms with van der Waals surface area (Å²) in [4.78, 5) is 8.10. The smallest absolute Gasteiger partial charge is 0.191 e. The third kappa shape index (κ3) is 7.03. The topological polar surface area (TPSA) is 61.3 Å². The largest absolute Gasteiger partial charge is 0.367 e. The Hall–Kier alpha value is -0.910. The molecule has 1 rings (SSSR count). The Morgan fingerprint density at radius 3 is 2.75 bits per heavy atom. The number of pyridine rings is 1. The molecule has 0 fully saturated rings. The minimum Gasteiger partial charge on any atom is -0.367 e. The summed E-state index contributed by atoms with van der Waals surface area (Å²) in [5.41, 5.74) is 0. The molecule has 0 aliphatic heterocycles. The second kappa shape index (κ2) is 10.8. The second-order valence-corrected chi connectivity index (χ2v) is 4.31. The van der Waals surface area contributed by atoms with Gasteiger partial charge in [-0.1, -0.05) is 29.1 Å². The van der Waals surface area contributed by atoms with Crippen LogP contribution in [0.5, 0.6) is 0 Å². The SMILES string of the molecule is C#CCNC(=NC)NCCNc1ncc(Cl)cc1Cl.I. The molecular formula is C12H16Cl2IN5. The molecule has 1 aromatic rings. The van der Waals surface area contributed by atoms with E-state index in [9.17, 15) is 0 Å². The Labute approximate surface area is 146 Å². The average molecular weight is 428 g/mol. The lowest BCUT2D eigenvalue weighted by atomic mass is 10.4. The van der Waals surface area contributed by atoms with Gasteiger partial charge in [-0.2, -0.15) is 0 Å². The van der Waals surface area contributed by atoms with Gasteiger partial charge in [0.25, 0.3) is 0 Å². The second-order valence-electron chi connectivity index (χ2n) is 3.47. The van der Waals surface area contributed by atoms with Crippen molar-refractivity contribution < 1.29 is 0 Å². The number of nitrogens with zero attached hydrogens (tertiary/aromatic N) is 2. The van der Waals surface area contributed by atoms with E-state index in [0.717, 1.165) is 0 Å². The highest BCUT2D eigenvalue weighted by atomic mass is 127. The van der Waals surface area contributed by atoms with Crippen LogP contribution in [0.25, 0.3) is 0 Å². The molecule has 0 bridgehead atoms. The highest BCUT2D eigenvalue weighted by Crippen LogP contribution is 2.21. The van der Waals surface area contributed by atoms with E-state index in [2.05, 4.69) is 31.8 Å². The number of nitrogens with one attached hydrogen (secondary N) is 3. The first-order valence-electron chi connectivity index (χ1n) is 5.60. The van der Waals surface area contributed by atoms with Crippen molar-refractivity contribution in [2.75, 3.05) is 32.0 Å². The number of guanidine groups is 1. The summed E-state index contributed by atoms with van der Waals surface area (Å²) in [6, 6.07) is 1.64. The Balaban J connectivity index is 0.00000361. The summed E-state index contributed by atoms with van der Waals surface area (Å²) in [5, 5.41) is 10.1. The lowest BCUT2D eigenvalue weighted by molar-refractivity contribution is 0.850. The van der Waals surface area contributed by atoms with E-state index in [4.69, 9.17) is 29.6 Å². The number of hydrogen-bond donors (Lipinski definition) is 3. The average Bonchev–Trinajstić information content (AvgIpc) is 2.40. The zero-order chi connectivity index (χ0) is 14.1. The number of hydrogen-bond acceptors (Lipinski definition) is 3. The van der Waals surface area contributed by atoms with Crippen LogP contribution in [0.3, 0.4) is 0 Å². The van der Waals surface area contributed by atoms with Crippen LogP contribution >= 0.6 is 47.2 Å². The number of aliphatic imine (C=N–C) groups is 1. The Bertz CT molecular complexity index is 487. The summed E-state index contributed by atoms with van der Waals surface area (Å²) in [7, 11) is 1.68. The van der Waals surface area contributed by atoms with Crippen molar-refractivity contribution in [3.8, 4) is 12.3 Å². The van der Waals surface area contributed by atoms with Gasteiger partial charge in [0.1, 0.15) is 5.82 Å². The third-order valence-corrected chi connectivity index (χ3v) is 2.59. The van der Waals surface area contributed by atoms with Crippen molar-refractivity contribution in [2.45, 2.75) is 0 Å². The highest BCUT2D eigenvalue weighted by Gasteiger charge is 2.02. The van der Waals surface area contributed by atoms with Gasteiger partial charge in [-0.15, -0.1) is 30.4 Å². The van der Waals surface area contributed by atoms with Crippen LogP contribution in [0.15, 0.2) is 17.3 Å². The number of terminal acetylenes is 1. The molecule has 0 aliphatic carbocycles. The fraction of sp³-hybridized carbons (Fsp3) is 0.333. The van der Waals surface area contributed by atoms with E-state index in [-0.39, 0.29) is 24.0 Å². The van der Waals surface area contributed by atoms with Gasteiger partial charge in [-0.05, 0) is 6.07 Å². The van der Waals surface area contributed by atoms with Gasteiger partial charge >= 0.3 is 0 Å². The minimum atomic E-state index is 0. The summed E-state index contributed by atoms with van der Waals surface area (Å²) in [5.74, 6) is 3.72. The standard InChI is InChI=1S/C12H15Cl2N5.HI/c1-3-4-17-12(15-2)18-6-5-16-11-10(14)7-9(13)8-19-11;/h1,7-8H,4-6H2,2H3,(H,16,19)(H2,15,17,18);1H. The van der Waals surface area contributed by atoms with E-state index in [1.54, 1.807) is 13.1 Å². The summed E-state index contributed by atoms with van der Waals surface area (Å²) in [6.07, 6.45) is 6.69. The number of anilines is 1. The molecular weight excluding hydrogens is 412 g/mol. The predicted molar refractivity (Wildman–Crippen MR) is 96.4 cm³/mol. The summed E-state index contributed by atoms with van der Waals surface area (Å²) in [6.45, 7) is 1.70. The molecule has 0 spiro atoms. The zero-order valence-electron chi connectivity index (χ0n) is 10.9. The first-order valence-corrected chi connectivity index (χ1v) is 6.36. The predicted octanol–water partition coefficient (Wildman–Crippen LogP) is 2.22. The number of aromatic nitrogens is 1. The van der Waals surface area contributed by atoms with Gasteiger partial charge in [0.15, 0.2) is 5.96 Å². The molecule has 0 aliphatic rings. The Kier molecular flexibility index (Phi) is 10.3. The maximum Gasteiger partial charge on any atom is 0.191 e. The first-order chi connectivity index (χ1) is 9.17. The summed E-state index contributed by atoms with van der Waals surface area (Å²) < 4.78 is 0. The molecule has 5 nitrogen and oxygen atoms in total. The summed E-state index contributed by atoms with van der Waals surface area (Å²) >= 11 is 11.7. The molecule has 1 aromatic heterocycles. The molecule has 8 heteroatoms. The van der Waals surface area contributed by atoms with E-state index in [1.807, 2.05) is 0 Å². The fourth-order valence-electron chi connectivity index (χ4n) is 1.26. The monoisotopic (exact) mass is 427 g/mol. The van der Waals surface area contributed by atoms with Gasteiger partial charge < -0.3 is 16.0 Å². The van der Waals surface area contributed by atoms with Gasteiger partial charge in [0.2, 0.25) is 0 Å². The van der Waals surface area contributed by atoms with Crippen molar-refractivity contribution in [1.82, 2.24) is 15.6 Å². The molecule has 0 amide bonds. The van der Waals surface area contributed by atoms with E-state index < -0.39 is 0 Å². The maximum atomic E-state index is 5.98. The first kappa shape index (κ1) is 19.1. The van der Waals surface area contributed by atoms with Crippen LogP contribution in [0.2, 0.25) is 10.0 Å². The van der Waals surface area contributed by atoms with Gasteiger partial charge in [-0.3, -0.25) is 4.99 Å². The normalized spacial score (nSPS) is 10.2. The van der Waals surface area contributed by atoms with Gasteiger partial charge in [0, 0.05) is 26.3 Å². The van der Waals surface area contributed by atoms with Crippen molar-refractivity contribution in [3.63, 3.8) is 0 Å². The van der Waals surface area contributed by atoms with Crippen molar-refractivity contribution in [2.24, 2.45) is 4.99 Å². The zero-order valence-corrected chi connectivity index (χ0v) is 14.8. The van der Waals surface area contributed by atoms with E-state index >= 15 is 0 Å². The molecule has 20 heavy (non-hydrogen) atoms. The molecule has 0 saturated carbocycles. The van der Waals surface area contributed by atoms with Crippen LogP contribution in [0.4, 0.5) is 5.82 Å². The Morgan fingerprint density at radius 2 is 2.15 bits per heavy atom. The molecule has 0 aromatic carbocycles. The minimum absolute atomic E-state index is 0. The van der Waals surface area contributed by atoms with Gasteiger partial charge in [0.05, 0.1) is 16.6 Å². The molecule has 110 valence electrons. The molecule has 3 N–H and O–H groups in total. The van der Waals surface area contributed by atoms with Crippen molar-refractivity contribution in [1.29, 1.82) is 0 Å². The molecule has 1 heterocycles. The molecule has 0 unspecified atom stereocenters. The van der Waals surface area contributed by atoms with E-state index in [1.165, 1.54) is 6.20 Å². The van der Waals surface area contributed by atoms with E-state index in [0.29, 0.717) is 41.5 Å². The maximum absolute atomic E-state index is 5.98.